The molecule has 28 heavy (non-hydrogen) atoms. The van der Waals surface area contributed by atoms with Crippen molar-refractivity contribution >= 4 is 22.6 Å². The Morgan fingerprint density at radius 2 is 2.04 bits per heavy atom. The van der Waals surface area contributed by atoms with Crippen LogP contribution in [0.5, 0.6) is 0 Å². The van der Waals surface area contributed by atoms with E-state index in [1.54, 1.807) is 6.07 Å². The first-order valence-corrected chi connectivity index (χ1v) is 11.2. The summed E-state index contributed by atoms with van der Waals surface area (Å²) in [4.78, 5) is 14.2. The van der Waals surface area contributed by atoms with Gasteiger partial charge in [-0.1, -0.05) is 30.8 Å². The van der Waals surface area contributed by atoms with Gasteiger partial charge in [-0.2, -0.15) is 0 Å². The van der Waals surface area contributed by atoms with Gasteiger partial charge in [-0.15, -0.1) is 0 Å². The number of benzene rings is 1. The Balaban J connectivity index is 1.54. The summed E-state index contributed by atoms with van der Waals surface area (Å²) in [6.45, 7) is 4.12. The molecule has 6 heteroatoms. The number of nitrogens with zero attached hydrogens (tertiary/aromatic N) is 4. The molecule has 1 aromatic heterocycles. The zero-order valence-electron chi connectivity index (χ0n) is 16.1. The smallest absolute Gasteiger partial charge is 0.160 e. The minimum absolute atomic E-state index is 0.00646. The van der Waals surface area contributed by atoms with Crippen LogP contribution in [-0.4, -0.2) is 39.9 Å². The van der Waals surface area contributed by atoms with Crippen LogP contribution in [0.15, 0.2) is 47.6 Å². The fourth-order valence-electron chi connectivity index (χ4n) is 4.63. The highest BCUT2D eigenvalue weighted by atomic mass is 32.2. The van der Waals surface area contributed by atoms with Crippen molar-refractivity contribution in [1.82, 2.24) is 9.88 Å². The van der Waals surface area contributed by atoms with E-state index in [1.165, 1.54) is 0 Å². The molecule has 0 aliphatic carbocycles. The van der Waals surface area contributed by atoms with E-state index in [1.807, 2.05) is 42.2 Å². The third-order valence-electron chi connectivity index (χ3n) is 6.09. The fraction of sp³-hybridized carbons (Fsp3) is 0.455. The first-order chi connectivity index (χ1) is 13.8. The molecule has 3 atom stereocenters. The Hall–Kier alpha value is -2.08. The zero-order chi connectivity index (χ0) is 19.1. The molecule has 1 aromatic carbocycles. The maximum absolute atomic E-state index is 15.1. The first kappa shape index (κ1) is 18.0. The Labute approximate surface area is 169 Å². The second kappa shape index (κ2) is 7.39. The molecular formula is C22H25FN4S. The van der Waals surface area contributed by atoms with Crippen molar-refractivity contribution in [1.29, 1.82) is 0 Å². The number of hydrogen-bond acceptors (Lipinski definition) is 5. The number of anilines is 1. The first-order valence-electron chi connectivity index (χ1n) is 10.2. The number of thioether (sulfide) groups is 1. The zero-order valence-corrected chi connectivity index (χ0v) is 16.9. The predicted octanol–water partition coefficient (Wildman–Crippen LogP) is 4.80. The third-order valence-corrected chi connectivity index (χ3v) is 7.22. The van der Waals surface area contributed by atoms with E-state index in [2.05, 4.69) is 27.8 Å². The maximum atomic E-state index is 15.1. The Kier molecular flexibility index (Phi) is 4.75. The van der Waals surface area contributed by atoms with Crippen molar-refractivity contribution in [3.63, 3.8) is 0 Å². The van der Waals surface area contributed by atoms with Crippen molar-refractivity contribution in [3.8, 4) is 0 Å². The summed E-state index contributed by atoms with van der Waals surface area (Å²) in [5.41, 5.74) is 2.68. The SMILES string of the molecule is CC[C@@H]1CSC2=N[C@H](c3ccccn3)[C@H](c3ccc(N4CCCC4)c(F)c3)N21. The van der Waals surface area contributed by atoms with Gasteiger partial charge >= 0.3 is 0 Å². The van der Waals surface area contributed by atoms with E-state index in [-0.39, 0.29) is 17.9 Å². The number of aliphatic imine (C=N–C) groups is 1. The van der Waals surface area contributed by atoms with Crippen LogP contribution < -0.4 is 4.90 Å². The van der Waals surface area contributed by atoms with Crippen LogP contribution in [-0.2, 0) is 0 Å². The molecule has 0 unspecified atom stereocenters. The van der Waals surface area contributed by atoms with Crippen LogP contribution >= 0.6 is 11.8 Å². The summed E-state index contributed by atoms with van der Waals surface area (Å²) in [6.07, 6.45) is 5.17. The number of hydrogen-bond donors (Lipinski definition) is 0. The van der Waals surface area contributed by atoms with Gasteiger partial charge in [0.1, 0.15) is 11.9 Å². The summed E-state index contributed by atoms with van der Waals surface area (Å²) < 4.78 is 15.1. The van der Waals surface area contributed by atoms with Crippen molar-refractivity contribution in [2.45, 2.75) is 44.3 Å². The van der Waals surface area contributed by atoms with Crippen molar-refractivity contribution in [2.24, 2.45) is 4.99 Å². The van der Waals surface area contributed by atoms with Gasteiger partial charge < -0.3 is 9.80 Å². The summed E-state index contributed by atoms with van der Waals surface area (Å²) in [5, 5.41) is 1.08. The van der Waals surface area contributed by atoms with Gasteiger partial charge in [-0.3, -0.25) is 9.98 Å². The number of rotatable bonds is 4. The molecule has 0 amide bonds. The Bertz CT molecular complexity index is 881. The maximum Gasteiger partial charge on any atom is 0.160 e. The van der Waals surface area contributed by atoms with Gasteiger partial charge in [0.25, 0.3) is 0 Å². The lowest BCUT2D eigenvalue weighted by molar-refractivity contribution is 0.255. The minimum Gasteiger partial charge on any atom is -0.369 e. The van der Waals surface area contributed by atoms with Crippen LogP contribution in [0.2, 0.25) is 0 Å². The molecule has 0 N–H and O–H groups in total. The van der Waals surface area contributed by atoms with E-state index in [0.29, 0.717) is 6.04 Å². The van der Waals surface area contributed by atoms with E-state index < -0.39 is 0 Å². The molecule has 4 heterocycles. The summed E-state index contributed by atoms with van der Waals surface area (Å²) in [7, 11) is 0. The summed E-state index contributed by atoms with van der Waals surface area (Å²) >= 11 is 1.82. The van der Waals surface area contributed by atoms with Gasteiger partial charge in [0.2, 0.25) is 0 Å². The molecule has 3 aliphatic heterocycles. The van der Waals surface area contributed by atoms with Gasteiger partial charge in [0, 0.05) is 31.1 Å². The number of fused-ring (bicyclic) bond motifs is 1. The molecule has 146 valence electrons. The number of aromatic nitrogens is 1. The topological polar surface area (TPSA) is 31.7 Å². The van der Waals surface area contributed by atoms with Crippen LogP contribution in [0.25, 0.3) is 0 Å². The van der Waals surface area contributed by atoms with Crippen molar-refractivity contribution in [2.75, 3.05) is 23.7 Å². The van der Waals surface area contributed by atoms with Crippen molar-refractivity contribution < 1.29 is 4.39 Å². The molecule has 2 fully saturated rings. The molecule has 0 radical (unpaired) electrons. The summed E-state index contributed by atoms with van der Waals surface area (Å²) in [5.74, 6) is 0.933. The molecule has 0 spiro atoms. The second-order valence-corrected chi connectivity index (χ2v) is 8.73. The van der Waals surface area contributed by atoms with Gasteiger partial charge in [0.15, 0.2) is 5.17 Å². The number of pyridine rings is 1. The lowest BCUT2D eigenvalue weighted by atomic mass is 9.95. The third kappa shape index (κ3) is 2.98. The quantitative estimate of drug-likeness (QED) is 0.743. The fourth-order valence-corrected chi connectivity index (χ4v) is 5.97. The highest BCUT2D eigenvalue weighted by Crippen LogP contribution is 2.48. The van der Waals surface area contributed by atoms with Gasteiger partial charge in [0.05, 0.1) is 17.4 Å². The molecule has 0 bridgehead atoms. The van der Waals surface area contributed by atoms with E-state index >= 15 is 4.39 Å². The van der Waals surface area contributed by atoms with E-state index in [4.69, 9.17) is 4.99 Å². The van der Waals surface area contributed by atoms with Crippen LogP contribution in [0.4, 0.5) is 10.1 Å². The molecule has 3 aliphatic rings. The number of amidine groups is 1. The average molecular weight is 397 g/mol. The molecular weight excluding hydrogens is 371 g/mol. The second-order valence-electron chi connectivity index (χ2n) is 7.74. The van der Waals surface area contributed by atoms with Gasteiger partial charge in [-0.05, 0) is 49.1 Å². The van der Waals surface area contributed by atoms with Crippen LogP contribution in [0, 0.1) is 5.82 Å². The molecule has 0 saturated carbocycles. The minimum atomic E-state index is -0.118. The summed E-state index contributed by atoms with van der Waals surface area (Å²) in [6, 6.07) is 12.1. The molecule has 2 saturated heterocycles. The van der Waals surface area contributed by atoms with E-state index in [0.717, 1.165) is 60.2 Å². The van der Waals surface area contributed by atoms with E-state index in [9.17, 15) is 0 Å². The van der Waals surface area contributed by atoms with Gasteiger partial charge in [-0.25, -0.2) is 4.39 Å². The number of halogens is 1. The van der Waals surface area contributed by atoms with Crippen LogP contribution in [0.3, 0.4) is 0 Å². The predicted molar refractivity (Wildman–Crippen MR) is 113 cm³/mol. The molecule has 2 aromatic rings. The largest absolute Gasteiger partial charge is 0.369 e. The molecule has 4 nitrogen and oxygen atoms in total. The Morgan fingerprint density at radius 3 is 2.75 bits per heavy atom. The lowest BCUT2D eigenvalue weighted by Crippen LogP contribution is -2.35. The lowest BCUT2D eigenvalue weighted by Gasteiger charge is -2.32. The highest BCUT2D eigenvalue weighted by Gasteiger charge is 2.45. The Morgan fingerprint density at radius 1 is 1.18 bits per heavy atom. The average Bonchev–Trinajstić information content (AvgIpc) is 3.45. The highest BCUT2D eigenvalue weighted by molar-refractivity contribution is 8.14. The normalized spacial score (nSPS) is 26.6. The standard InChI is InChI=1S/C22H25FN4S/c1-2-16-14-28-22-25-20(18-7-3-4-10-24-18)21(27(16)22)15-8-9-19(17(23)13-15)26-11-5-6-12-26/h3-4,7-10,13,16,20-21H,2,5-6,11-12,14H2,1H3/t16-,20-,21+/m1/s1. The monoisotopic (exact) mass is 396 g/mol. The molecule has 5 rings (SSSR count). The van der Waals surface area contributed by atoms with Crippen LogP contribution in [0.1, 0.15) is 49.5 Å². The van der Waals surface area contributed by atoms with Crippen molar-refractivity contribution in [3.05, 3.63) is 59.7 Å².